The monoisotopic (exact) mass is 329 g/mol. The maximum absolute atomic E-state index is 12.8. The summed E-state index contributed by atoms with van der Waals surface area (Å²) in [6, 6.07) is 14.5. The van der Waals surface area contributed by atoms with Gasteiger partial charge in [-0.25, -0.2) is 4.39 Å². The lowest BCUT2D eigenvalue weighted by molar-refractivity contribution is -0.116. The molecule has 2 aromatic rings. The lowest BCUT2D eigenvalue weighted by atomic mass is 10.2. The summed E-state index contributed by atoms with van der Waals surface area (Å²) in [7, 11) is 0. The molecule has 0 aliphatic heterocycles. The molecule has 4 heteroatoms. The van der Waals surface area contributed by atoms with E-state index in [0.29, 0.717) is 6.54 Å². The Morgan fingerprint density at radius 2 is 1.83 bits per heavy atom. The van der Waals surface area contributed by atoms with Gasteiger partial charge in [-0.3, -0.25) is 4.79 Å². The molecule has 23 heavy (non-hydrogen) atoms. The number of hydrogen-bond donors (Lipinski definition) is 1. The third-order valence-electron chi connectivity index (χ3n) is 3.23. The maximum atomic E-state index is 12.8. The first-order valence-corrected chi connectivity index (χ1v) is 8.64. The zero-order valence-electron chi connectivity index (χ0n) is 13.1. The number of amides is 1. The SMILES string of the molecule is Cc1ccc(CSCCNC(=O)/C=C/c2ccc(F)cc2)cc1. The molecule has 0 atom stereocenters. The summed E-state index contributed by atoms with van der Waals surface area (Å²) in [6.45, 7) is 2.70. The summed E-state index contributed by atoms with van der Waals surface area (Å²) in [6.07, 6.45) is 3.14. The van der Waals surface area contributed by atoms with Crippen LogP contribution in [0.5, 0.6) is 0 Å². The highest BCUT2D eigenvalue weighted by Gasteiger charge is 1.97. The molecule has 0 bridgehead atoms. The molecule has 0 heterocycles. The number of halogens is 1. The van der Waals surface area contributed by atoms with Crippen LogP contribution in [0.25, 0.3) is 6.08 Å². The molecule has 1 N–H and O–H groups in total. The fourth-order valence-corrected chi connectivity index (χ4v) is 2.74. The number of aryl methyl sites for hydroxylation is 1. The first-order valence-electron chi connectivity index (χ1n) is 7.48. The highest BCUT2D eigenvalue weighted by molar-refractivity contribution is 7.98. The Labute approximate surface area is 140 Å². The van der Waals surface area contributed by atoms with E-state index in [1.807, 2.05) is 0 Å². The minimum Gasteiger partial charge on any atom is -0.352 e. The van der Waals surface area contributed by atoms with Crippen LogP contribution in [0.2, 0.25) is 0 Å². The highest BCUT2D eigenvalue weighted by atomic mass is 32.2. The molecule has 0 fully saturated rings. The Hall–Kier alpha value is -2.07. The van der Waals surface area contributed by atoms with Crippen LogP contribution in [0.3, 0.4) is 0 Å². The number of carbonyl (C=O) groups excluding carboxylic acids is 1. The van der Waals surface area contributed by atoms with Gasteiger partial charge in [-0.05, 0) is 36.3 Å². The van der Waals surface area contributed by atoms with Crippen LogP contribution in [0.1, 0.15) is 16.7 Å². The molecule has 0 radical (unpaired) electrons. The normalized spacial score (nSPS) is 10.9. The summed E-state index contributed by atoms with van der Waals surface area (Å²) in [5.41, 5.74) is 3.36. The molecular formula is C19H20FNOS. The van der Waals surface area contributed by atoms with Gasteiger partial charge in [-0.15, -0.1) is 0 Å². The van der Waals surface area contributed by atoms with Crippen LogP contribution >= 0.6 is 11.8 Å². The predicted molar refractivity (Wildman–Crippen MR) is 95.8 cm³/mol. The van der Waals surface area contributed by atoms with Gasteiger partial charge in [0.15, 0.2) is 0 Å². The molecule has 120 valence electrons. The Morgan fingerprint density at radius 1 is 1.13 bits per heavy atom. The largest absolute Gasteiger partial charge is 0.352 e. The maximum Gasteiger partial charge on any atom is 0.244 e. The van der Waals surface area contributed by atoms with E-state index >= 15 is 0 Å². The van der Waals surface area contributed by atoms with Crippen LogP contribution in [0.4, 0.5) is 4.39 Å². The van der Waals surface area contributed by atoms with Crippen molar-refractivity contribution in [2.45, 2.75) is 12.7 Å². The molecule has 2 nitrogen and oxygen atoms in total. The second-order valence-corrected chi connectivity index (χ2v) is 6.32. The van der Waals surface area contributed by atoms with Gasteiger partial charge < -0.3 is 5.32 Å². The van der Waals surface area contributed by atoms with Crippen molar-refractivity contribution in [3.8, 4) is 0 Å². The predicted octanol–water partition coefficient (Wildman–Crippen LogP) is 4.20. The molecule has 0 saturated heterocycles. The van der Waals surface area contributed by atoms with Gasteiger partial charge in [0.1, 0.15) is 5.82 Å². The number of benzene rings is 2. The summed E-state index contributed by atoms with van der Waals surface area (Å²) in [4.78, 5) is 11.7. The third kappa shape index (κ3) is 6.70. The summed E-state index contributed by atoms with van der Waals surface area (Å²) in [5, 5.41) is 2.84. The highest BCUT2D eigenvalue weighted by Crippen LogP contribution is 2.12. The quantitative estimate of drug-likeness (QED) is 0.609. The lowest BCUT2D eigenvalue weighted by Gasteiger charge is -2.03. The summed E-state index contributed by atoms with van der Waals surface area (Å²) in [5.74, 6) is 1.40. The lowest BCUT2D eigenvalue weighted by Crippen LogP contribution is -2.23. The molecule has 2 aromatic carbocycles. The Kier molecular flexibility index (Phi) is 6.88. The van der Waals surface area contributed by atoms with Gasteiger partial charge in [0, 0.05) is 24.1 Å². The standard InChI is InChI=1S/C19H20FNOS/c1-15-2-4-17(5-3-15)14-23-13-12-21-19(22)11-8-16-6-9-18(20)10-7-16/h2-11H,12-14H2,1H3,(H,21,22)/b11-8+. The Balaban J connectivity index is 1.63. The topological polar surface area (TPSA) is 29.1 Å². The van der Waals surface area contributed by atoms with Crippen molar-refractivity contribution < 1.29 is 9.18 Å². The average Bonchev–Trinajstić information content (AvgIpc) is 2.56. The van der Waals surface area contributed by atoms with Crippen LogP contribution < -0.4 is 5.32 Å². The van der Waals surface area contributed by atoms with E-state index in [9.17, 15) is 9.18 Å². The minimum absolute atomic E-state index is 0.134. The van der Waals surface area contributed by atoms with Crippen molar-refractivity contribution >= 4 is 23.7 Å². The number of thioether (sulfide) groups is 1. The fourth-order valence-electron chi connectivity index (χ4n) is 1.93. The number of rotatable bonds is 7. The zero-order chi connectivity index (χ0) is 16.5. The van der Waals surface area contributed by atoms with E-state index < -0.39 is 0 Å². The van der Waals surface area contributed by atoms with Crippen molar-refractivity contribution in [2.75, 3.05) is 12.3 Å². The van der Waals surface area contributed by atoms with E-state index in [4.69, 9.17) is 0 Å². The minimum atomic E-state index is -0.280. The van der Waals surface area contributed by atoms with Crippen molar-refractivity contribution in [1.29, 1.82) is 0 Å². The van der Waals surface area contributed by atoms with E-state index in [2.05, 4.69) is 36.5 Å². The number of hydrogen-bond acceptors (Lipinski definition) is 2. The molecule has 0 saturated carbocycles. The van der Waals surface area contributed by atoms with Crippen molar-refractivity contribution in [3.05, 3.63) is 77.1 Å². The van der Waals surface area contributed by atoms with Gasteiger partial charge in [-0.2, -0.15) is 11.8 Å². The van der Waals surface area contributed by atoms with Gasteiger partial charge in [0.05, 0.1) is 0 Å². The molecule has 1 amide bonds. The smallest absolute Gasteiger partial charge is 0.244 e. The van der Waals surface area contributed by atoms with E-state index in [-0.39, 0.29) is 11.7 Å². The van der Waals surface area contributed by atoms with E-state index in [1.165, 1.54) is 29.3 Å². The number of nitrogens with one attached hydrogen (secondary N) is 1. The molecule has 0 aliphatic carbocycles. The second-order valence-electron chi connectivity index (χ2n) is 5.21. The van der Waals surface area contributed by atoms with Gasteiger partial charge >= 0.3 is 0 Å². The van der Waals surface area contributed by atoms with Gasteiger partial charge in [0.25, 0.3) is 0 Å². The zero-order valence-corrected chi connectivity index (χ0v) is 13.9. The van der Waals surface area contributed by atoms with Crippen LogP contribution in [0, 0.1) is 12.7 Å². The molecule has 0 aromatic heterocycles. The van der Waals surface area contributed by atoms with Crippen molar-refractivity contribution in [3.63, 3.8) is 0 Å². The second kappa shape index (κ2) is 9.16. The average molecular weight is 329 g/mol. The Bertz CT molecular complexity index is 650. The summed E-state index contributed by atoms with van der Waals surface area (Å²) >= 11 is 1.79. The Morgan fingerprint density at radius 3 is 2.52 bits per heavy atom. The first kappa shape index (κ1) is 17.3. The number of carbonyl (C=O) groups is 1. The first-order chi connectivity index (χ1) is 11.1. The van der Waals surface area contributed by atoms with Crippen LogP contribution in [0.15, 0.2) is 54.6 Å². The van der Waals surface area contributed by atoms with Crippen molar-refractivity contribution in [2.24, 2.45) is 0 Å². The van der Waals surface area contributed by atoms with E-state index in [0.717, 1.165) is 17.1 Å². The summed E-state index contributed by atoms with van der Waals surface area (Å²) < 4.78 is 12.8. The molecule has 0 unspecified atom stereocenters. The molecule has 0 aliphatic rings. The van der Waals surface area contributed by atoms with Crippen molar-refractivity contribution in [1.82, 2.24) is 5.32 Å². The fraction of sp³-hybridized carbons (Fsp3) is 0.211. The third-order valence-corrected chi connectivity index (χ3v) is 4.26. The van der Waals surface area contributed by atoms with Crippen LogP contribution in [-0.2, 0) is 10.5 Å². The van der Waals surface area contributed by atoms with Gasteiger partial charge in [-0.1, -0.05) is 42.0 Å². The molecule has 0 spiro atoms. The van der Waals surface area contributed by atoms with Gasteiger partial charge in [0.2, 0.25) is 5.91 Å². The van der Waals surface area contributed by atoms with E-state index in [1.54, 1.807) is 30.0 Å². The molecule has 2 rings (SSSR count). The molecular weight excluding hydrogens is 309 g/mol. The van der Waals surface area contributed by atoms with Crippen LogP contribution in [-0.4, -0.2) is 18.2 Å².